The van der Waals surface area contributed by atoms with Crippen LogP contribution in [0.5, 0.6) is 5.75 Å². The number of fused-ring (bicyclic) bond motifs is 1. The van der Waals surface area contributed by atoms with Crippen molar-refractivity contribution in [1.82, 2.24) is 0 Å². The van der Waals surface area contributed by atoms with E-state index in [1.165, 1.54) is 0 Å². The lowest BCUT2D eigenvalue weighted by Crippen LogP contribution is -2.10. The van der Waals surface area contributed by atoms with Crippen LogP contribution in [0.25, 0.3) is 22.3 Å². The van der Waals surface area contributed by atoms with E-state index < -0.39 is 0 Å². The van der Waals surface area contributed by atoms with E-state index in [0.717, 1.165) is 22.3 Å². The molecule has 0 N–H and O–H groups in total. The molecular formula is C24H18Cl2O3. The summed E-state index contributed by atoms with van der Waals surface area (Å²) in [5, 5.41) is 1.50. The maximum absolute atomic E-state index is 13.3. The van der Waals surface area contributed by atoms with E-state index in [1.54, 1.807) is 24.3 Å². The van der Waals surface area contributed by atoms with E-state index in [0.29, 0.717) is 26.8 Å². The second kappa shape index (κ2) is 7.94. The van der Waals surface area contributed by atoms with Gasteiger partial charge >= 0.3 is 0 Å². The van der Waals surface area contributed by atoms with Crippen LogP contribution in [-0.4, -0.2) is 0 Å². The van der Waals surface area contributed by atoms with E-state index in [9.17, 15) is 4.79 Å². The van der Waals surface area contributed by atoms with Gasteiger partial charge in [0, 0.05) is 15.6 Å². The molecule has 29 heavy (non-hydrogen) atoms. The molecule has 0 amide bonds. The molecule has 0 bridgehead atoms. The minimum absolute atomic E-state index is 0.154. The zero-order valence-corrected chi connectivity index (χ0v) is 17.5. The minimum atomic E-state index is -0.259. The maximum atomic E-state index is 13.3. The number of hydrogen-bond acceptors (Lipinski definition) is 3. The first kappa shape index (κ1) is 19.6. The van der Waals surface area contributed by atoms with Crippen LogP contribution in [0.3, 0.4) is 0 Å². The van der Waals surface area contributed by atoms with Gasteiger partial charge in [-0.25, -0.2) is 0 Å². The zero-order valence-electron chi connectivity index (χ0n) is 16.0. The Morgan fingerprint density at radius 3 is 2.45 bits per heavy atom. The van der Waals surface area contributed by atoms with Crippen LogP contribution < -0.4 is 10.2 Å². The monoisotopic (exact) mass is 424 g/mol. The number of aryl methyl sites for hydroxylation is 2. The first-order chi connectivity index (χ1) is 13.9. The van der Waals surface area contributed by atoms with Crippen molar-refractivity contribution in [2.24, 2.45) is 0 Å². The van der Waals surface area contributed by atoms with E-state index in [2.05, 4.69) is 0 Å². The van der Waals surface area contributed by atoms with E-state index in [4.69, 9.17) is 32.4 Å². The van der Waals surface area contributed by atoms with Crippen LogP contribution in [0.1, 0.15) is 16.7 Å². The Kier molecular flexibility index (Phi) is 5.35. The molecule has 3 nitrogen and oxygen atoms in total. The Hall–Kier alpha value is -2.75. The number of hydrogen-bond donors (Lipinski definition) is 0. The summed E-state index contributed by atoms with van der Waals surface area (Å²) in [6, 6.07) is 18.5. The molecule has 1 aromatic heterocycles. The summed E-state index contributed by atoms with van der Waals surface area (Å²) in [4.78, 5) is 13.3. The smallest absolute Gasteiger partial charge is 0.235 e. The molecule has 5 heteroatoms. The highest BCUT2D eigenvalue weighted by molar-refractivity contribution is 6.32. The van der Waals surface area contributed by atoms with Crippen LogP contribution in [0.4, 0.5) is 0 Å². The quantitative estimate of drug-likeness (QED) is 0.355. The summed E-state index contributed by atoms with van der Waals surface area (Å²) in [6.07, 6.45) is 0. The van der Waals surface area contributed by atoms with Crippen LogP contribution in [0.15, 0.2) is 69.9 Å². The van der Waals surface area contributed by atoms with Crippen LogP contribution in [0.2, 0.25) is 10.0 Å². The van der Waals surface area contributed by atoms with Crippen LogP contribution in [-0.2, 0) is 6.61 Å². The molecule has 0 fully saturated rings. The fourth-order valence-electron chi connectivity index (χ4n) is 3.11. The zero-order chi connectivity index (χ0) is 20.5. The Bertz CT molecular complexity index is 1260. The van der Waals surface area contributed by atoms with Crippen LogP contribution in [0, 0.1) is 13.8 Å². The van der Waals surface area contributed by atoms with Crippen molar-refractivity contribution in [2.75, 3.05) is 0 Å². The molecule has 4 aromatic rings. The average molecular weight is 425 g/mol. The Morgan fingerprint density at radius 2 is 1.72 bits per heavy atom. The molecule has 0 atom stereocenters. The predicted octanol–water partition coefficient (Wildman–Crippen LogP) is 6.96. The summed E-state index contributed by atoms with van der Waals surface area (Å²) < 4.78 is 12.1. The van der Waals surface area contributed by atoms with Crippen molar-refractivity contribution in [3.63, 3.8) is 0 Å². The van der Waals surface area contributed by atoms with Crippen molar-refractivity contribution < 1.29 is 9.15 Å². The van der Waals surface area contributed by atoms with Gasteiger partial charge in [0.15, 0.2) is 5.76 Å². The third-order valence-electron chi connectivity index (χ3n) is 4.72. The minimum Gasteiger partial charge on any atom is -0.481 e. The van der Waals surface area contributed by atoms with Crippen molar-refractivity contribution in [3.8, 4) is 17.1 Å². The number of ether oxygens (including phenoxy) is 1. The van der Waals surface area contributed by atoms with Crippen LogP contribution >= 0.6 is 23.2 Å². The molecule has 0 aliphatic heterocycles. The summed E-state index contributed by atoms with van der Waals surface area (Å²) in [5.41, 5.74) is 3.79. The fraction of sp³-hybridized carbons (Fsp3) is 0.125. The average Bonchev–Trinajstić information content (AvgIpc) is 2.69. The molecule has 0 saturated heterocycles. The molecule has 3 aromatic carbocycles. The van der Waals surface area contributed by atoms with Gasteiger partial charge in [-0.3, -0.25) is 4.79 Å². The molecule has 0 unspecified atom stereocenters. The van der Waals surface area contributed by atoms with Gasteiger partial charge in [0.2, 0.25) is 11.2 Å². The van der Waals surface area contributed by atoms with Crippen molar-refractivity contribution in [2.45, 2.75) is 20.5 Å². The van der Waals surface area contributed by atoms with Gasteiger partial charge in [0.05, 0.1) is 5.39 Å². The molecule has 0 saturated carbocycles. The van der Waals surface area contributed by atoms with Gasteiger partial charge < -0.3 is 9.15 Å². The second-order valence-electron chi connectivity index (χ2n) is 6.97. The van der Waals surface area contributed by atoms with E-state index in [-0.39, 0.29) is 17.8 Å². The topological polar surface area (TPSA) is 39.4 Å². The van der Waals surface area contributed by atoms with E-state index in [1.807, 2.05) is 50.2 Å². The molecule has 0 radical (unpaired) electrons. The normalized spacial score (nSPS) is 11.0. The lowest BCUT2D eigenvalue weighted by molar-refractivity contribution is 0.298. The SMILES string of the molecule is Cc1ccc(-c2oc3cc(C)c(Cl)cc3c(=O)c2OCc2cccc(Cl)c2)cc1. The standard InChI is InChI=1S/C24H18Cl2O3/c1-14-6-8-17(9-7-14)23-24(28-13-16-4-3-5-18(25)11-16)22(27)19-12-20(26)15(2)10-21(19)29-23/h3-12H,13H2,1-2H3. The number of benzene rings is 3. The predicted molar refractivity (Wildman–Crippen MR) is 118 cm³/mol. The molecule has 1 heterocycles. The van der Waals surface area contributed by atoms with Crippen molar-refractivity contribution in [3.05, 3.63) is 97.6 Å². The molecule has 0 aliphatic carbocycles. The lowest BCUT2D eigenvalue weighted by atomic mass is 10.1. The van der Waals surface area contributed by atoms with Gasteiger partial charge in [-0.1, -0.05) is 65.2 Å². The molecule has 146 valence electrons. The van der Waals surface area contributed by atoms with Gasteiger partial charge in [-0.2, -0.15) is 0 Å². The molecular weight excluding hydrogens is 407 g/mol. The molecule has 0 spiro atoms. The fourth-order valence-corrected chi connectivity index (χ4v) is 3.48. The Morgan fingerprint density at radius 1 is 0.966 bits per heavy atom. The number of halogens is 2. The Labute approximate surface area is 178 Å². The third kappa shape index (κ3) is 4.02. The van der Waals surface area contributed by atoms with Gasteiger partial charge in [0.25, 0.3) is 0 Å². The van der Waals surface area contributed by atoms with E-state index >= 15 is 0 Å². The second-order valence-corrected chi connectivity index (χ2v) is 7.82. The summed E-state index contributed by atoms with van der Waals surface area (Å²) >= 11 is 12.3. The Balaban J connectivity index is 1.88. The first-order valence-corrected chi connectivity index (χ1v) is 9.89. The van der Waals surface area contributed by atoms with Gasteiger partial charge in [-0.05, 0) is 49.2 Å². The van der Waals surface area contributed by atoms with Gasteiger partial charge in [0.1, 0.15) is 12.2 Å². The third-order valence-corrected chi connectivity index (χ3v) is 5.36. The molecule has 4 rings (SSSR count). The highest BCUT2D eigenvalue weighted by Gasteiger charge is 2.19. The summed E-state index contributed by atoms with van der Waals surface area (Å²) in [7, 11) is 0. The maximum Gasteiger partial charge on any atom is 0.235 e. The number of rotatable bonds is 4. The highest BCUT2D eigenvalue weighted by atomic mass is 35.5. The lowest BCUT2D eigenvalue weighted by Gasteiger charge is -2.13. The summed E-state index contributed by atoms with van der Waals surface area (Å²) in [6.45, 7) is 4.06. The largest absolute Gasteiger partial charge is 0.481 e. The highest BCUT2D eigenvalue weighted by Crippen LogP contribution is 2.33. The molecule has 0 aliphatic rings. The first-order valence-electron chi connectivity index (χ1n) is 9.13. The summed E-state index contributed by atoms with van der Waals surface area (Å²) in [5.74, 6) is 0.549. The van der Waals surface area contributed by atoms with Crippen molar-refractivity contribution >= 4 is 34.2 Å². The van der Waals surface area contributed by atoms with Crippen molar-refractivity contribution in [1.29, 1.82) is 0 Å². The van der Waals surface area contributed by atoms with Gasteiger partial charge in [-0.15, -0.1) is 0 Å².